The Kier molecular flexibility index (Phi) is 5.56. The Morgan fingerprint density at radius 3 is 2.25 bits per heavy atom. The summed E-state index contributed by atoms with van der Waals surface area (Å²) in [7, 11) is 0. The first-order valence-electron chi connectivity index (χ1n) is 6.21. The van der Waals surface area contributed by atoms with Gasteiger partial charge in [-0.25, -0.2) is 0 Å². The van der Waals surface area contributed by atoms with Crippen molar-refractivity contribution in [3.63, 3.8) is 0 Å². The van der Waals surface area contributed by atoms with E-state index in [1.54, 1.807) is 0 Å². The van der Waals surface area contributed by atoms with Gasteiger partial charge in [-0.1, -0.05) is 19.3 Å². The highest BCUT2D eigenvalue weighted by Gasteiger charge is 2.29. The lowest BCUT2D eigenvalue weighted by atomic mass is 9.94. The number of hydrogen-bond donors (Lipinski definition) is 1. The monoisotopic (exact) mass is 247 g/mol. The van der Waals surface area contributed by atoms with Crippen molar-refractivity contribution in [1.82, 2.24) is 4.90 Å². The van der Waals surface area contributed by atoms with Crippen molar-refractivity contribution in [3.05, 3.63) is 0 Å². The van der Waals surface area contributed by atoms with Crippen LogP contribution in [-0.4, -0.2) is 35.1 Å². The molecule has 2 saturated carbocycles. The van der Waals surface area contributed by atoms with Crippen molar-refractivity contribution in [2.45, 2.75) is 51.0 Å². The maximum atomic E-state index is 10.8. The van der Waals surface area contributed by atoms with Crippen LogP contribution >= 0.6 is 12.4 Å². The van der Waals surface area contributed by atoms with Crippen LogP contribution in [0.25, 0.3) is 0 Å². The summed E-state index contributed by atoms with van der Waals surface area (Å²) in [5.41, 5.74) is 0. The van der Waals surface area contributed by atoms with Gasteiger partial charge in [0.05, 0.1) is 6.54 Å². The summed E-state index contributed by atoms with van der Waals surface area (Å²) >= 11 is 0. The Hall–Kier alpha value is -0.280. The van der Waals surface area contributed by atoms with Gasteiger partial charge in [-0.3, -0.25) is 9.69 Å². The van der Waals surface area contributed by atoms with Crippen molar-refractivity contribution in [2.24, 2.45) is 5.92 Å². The molecule has 0 radical (unpaired) electrons. The maximum Gasteiger partial charge on any atom is 0.317 e. The molecule has 2 aliphatic rings. The highest BCUT2D eigenvalue weighted by Crippen LogP contribution is 2.32. The van der Waals surface area contributed by atoms with Crippen molar-refractivity contribution in [3.8, 4) is 0 Å². The van der Waals surface area contributed by atoms with E-state index in [1.165, 1.54) is 44.9 Å². The van der Waals surface area contributed by atoms with E-state index in [1.807, 2.05) is 0 Å². The number of carboxylic acid groups (broad SMARTS) is 1. The number of nitrogens with zero attached hydrogens (tertiary/aromatic N) is 1. The number of rotatable bonds is 5. The molecule has 2 aliphatic carbocycles. The van der Waals surface area contributed by atoms with Gasteiger partial charge in [-0.05, 0) is 31.6 Å². The molecule has 3 nitrogen and oxygen atoms in total. The first-order valence-corrected chi connectivity index (χ1v) is 6.21. The molecule has 0 aliphatic heterocycles. The minimum atomic E-state index is -0.666. The van der Waals surface area contributed by atoms with Crippen LogP contribution in [0.5, 0.6) is 0 Å². The first-order chi connectivity index (χ1) is 7.25. The SMILES string of the molecule is Cl.O=C(O)CN(CC1CC1)C1CCCCC1. The minimum Gasteiger partial charge on any atom is -0.480 e. The number of carboxylic acids is 1. The Morgan fingerprint density at radius 1 is 1.12 bits per heavy atom. The van der Waals surface area contributed by atoms with Crippen molar-refractivity contribution in [1.29, 1.82) is 0 Å². The van der Waals surface area contributed by atoms with E-state index in [-0.39, 0.29) is 19.0 Å². The minimum absolute atomic E-state index is 0. The van der Waals surface area contributed by atoms with E-state index in [0.29, 0.717) is 6.04 Å². The molecule has 2 fully saturated rings. The molecule has 0 aromatic rings. The normalized spacial score (nSPS) is 21.8. The van der Waals surface area contributed by atoms with Crippen LogP contribution in [-0.2, 0) is 4.79 Å². The van der Waals surface area contributed by atoms with Crippen molar-refractivity contribution < 1.29 is 9.90 Å². The summed E-state index contributed by atoms with van der Waals surface area (Å²) in [6.07, 6.45) is 8.93. The van der Waals surface area contributed by atoms with Gasteiger partial charge in [0.15, 0.2) is 0 Å². The molecule has 0 bridgehead atoms. The van der Waals surface area contributed by atoms with Crippen molar-refractivity contribution >= 4 is 18.4 Å². The lowest BCUT2D eigenvalue weighted by Crippen LogP contribution is -2.41. The molecule has 16 heavy (non-hydrogen) atoms. The zero-order valence-electron chi connectivity index (χ0n) is 9.73. The van der Waals surface area contributed by atoms with Crippen LogP contribution in [0.2, 0.25) is 0 Å². The van der Waals surface area contributed by atoms with Crippen LogP contribution < -0.4 is 0 Å². The molecule has 0 atom stereocenters. The zero-order chi connectivity index (χ0) is 10.7. The van der Waals surface area contributed by atoms with Gasteiger partial charge in [0, 0.05) is 12.6 Å². The Bertz CT molecular complexity index is 225. The van der Waals surface area contributed by atoms with Crippen LogP contribution in [0.1, 0.15) is 44.9 Å². The molecule has 0 amide bonds. The Labute approximate surface area is 104 Å². The maximum absolute atomic E-state index is 10.8. The predicted molar refractivity (Wildman–Crippen MR) is 66.1 cm³/mol. The number of aliphatic carboxylic acids is 1. The highest BCUT2D eigenvalue weighted by molar-refractivity contribution is 5.85. The topological polar surface area (TPSA) is 40.5 Å². The highest BCUT2D eigenvalue weighted by atomic mass is 35.5. The third kappa shape index (κ3) is 4.30. The summed E-state index contributed by atoms with van der Waals surface area (Å²) in [4.78, 5) is 13.0. The van der Waals surface area contributed by atoms with Gasteiger partial charge >= 0.3 is 5.97 Å². The molecular weight excluding hydrogens is 226 g/mol. The summed E-state index contributed by atoms with van der Waals surface area (Å²) in [5.74, 6) is 0.132. The fourth-order valence-electron chi connectivity index (χ4n) is 2.59. The molecule has 4 heteroatoms. The summed E-state index contributed by atoms with van der Waals surface area (Å²) < 4.78 is 0. The summed E-state index contributed by atoms with van der Waals surface area (Å²) in [6, 6.07) is 0.551. The zero-order valence-corrected chi connectivity index (χ0v) is 10.5. The lowest BCUT2D eigenvalue weighted by Gasteiger charge is -2.33. The number of hydrogen-bond acceptors (Lipinski definition) is 2. The summed E-state index contributed by atoms with van der Waals surface area (Å²) in [6.45, 7) is 1.28. The summed E-state index contributed by atoms with van der Waals surface area (Å²) in [5, 5.41) is 8.91. The molecule has 0 unspecified atom stereocenters. The van der Waals surface area contributed by atoms with E-state index in [9.17, 15) is 4.79 Å². The molecule has 0 aromatic heterocycles. The standard InChI is InChI=1S/C12H21NO2.ClH/c14-12(15)9-13(8-10-6-7-10)11-4-2-1-3-5-11;/h10-11H,1-9H2,(H,14,15);1H. The fourth-order valence-corrected chi connectivity index (χ4v) is 2.59. The van der Waals surface area contributed by atoms with Crippen LogP contribution in [0.4, 0.5) is 0 Å². The number of halogens is 1. The molecular formula is C12H22ClNO2. The molecule has 0 spiro atoms. The first kappa shape index (κ1) is 13.8. The van der Waals surface area contributed by atoms with E-state index in [2.05, 4.69) is 4.90 Å². The third-order valence-electron chi connectivity index (χ3n) is 3.62. The Balaban J connectivity index is 0.00000128. The average molecular weight is 248 g/mol. The second kappa shape index (κ2) is 6.45. The van der Waals surface area contributed by atoms with Crippen molar-refractivity contribution in [2.75, 3.05) is 13.1 Å². The molecule has 0 saturated heterocycles. The van der Waals surface area contributed by atoms with Gasteiger partial charge in [0.25, 0.3) is 0 Å². The third-order valence-corrected chi connectivity index (χ3v) is 3.62. The number of carbonyl (C=O) groups is 1. The molecule has 0 aromatic carbocycles. The largest absolute Gasteiger partial charge is 0.480 e. The van der Waals surface area contributed by atoms with E-state index in [4.69, 9.17) is 5.11 Å². The van der Waals surface area contributed by atoms with E-state index in [0.717, 1.165) is 12.5 Å². The smallest absolute Gasteiger partial charge is 0.317 e. The second-order valence-corrected chi connectivity index (χ2v) is 5.06. The van der Waals surface area contributed by atoms with Gasteiger partial charge in [-0.2, -0.15) is 0 Å². The van der Waals surface area contributed by atoms with Gasteiger partial charge in [-0.15, -0.1) is 12.4 Å². The molecule has 2 rings (SSSR count). The Morgan fingerprint density at radius 2 is 1.75 bits per heavy atom. The lowest BCUT2D eigenvalue weighted by molar-refractivity contribution is -0.139. The molecule has 0 heterocycles. The quantitative estimate of drug-likeness (QED) is 0.812. The molecule has 1 N–H and O–H groups in total. The average Bonchev–Trinajstić information content (AvgIpc) is 3.01. The second-order valence-electron chi connectivity index (χ2n) is 5.06. The van der Waals surface area contributed by atoms with E-state index >= 15 is 0 Å². The van der Waals surface area contributed by atoms with Gasteiger partial charge < -0.3 is 5.11 Å². The predicted octanol–water partition coefficient (Wildman–Crippen LogP) is 2.54. The van der Waals surface area contributed by atoms with E-state index < -0.39 is 5.97 Å². The van der Waals surface area contributed by atoms with Crippen LogP contribution in [0.3, 0.4) is 0 Å². The van der Waals surface area contributed by atoms with Crippen LogP contribution in [0.15, 0.2) is 0 Å². The van der Waals surface area contributed by atoms with Crippen LogP contribution in [0, 0.1) is 5.92 Å². The fraction of sp³-hybridized carbons (Fsp3) is 0.917. The van der Waals surface area contributed by atoms with Gasteiger partial charge in [0.1, 0.15) is 0 Å². The molecule has 94 valence electrons. The van der Waals surface area contributed by atoms with Gasteiger partial charge in [0.2, 0.25) is 0 Å².